The summed E-state index contributed by atoms with van der Waals surface area (Å²) < 4.78 is 16.3. The normalized spacial score (nSPS) is 10.8. The number of oxazole rings is 1. The number of benzene rings is 1. The molecule has 1 aromatic carbocycles. The minimum Gasteiger partial charge on any atom is -0.462 e. The predicted molar refractivity (Wildman–Crippen MR) is 67.9 cm³/mol. The monoisotopic (exact) mass is 265 g/mol. The number of hydrogen-bond acceptors (Lipinski definition) is 5. The fourth-order valence-corrected chi connectivity index (χ4v) is 1.70. The van der Waals surface area contributed by atoms with Crippen LogP contribution < -0.4 is 5.76 Å². The van der Waals surface area contributed by atoms with E-state index in [1.165, 1.54) is 4.57 Å². The number of para-hydroxylation sites is 2. The fraction of sp³-hybridized carbons (Fsp3) is 0.385. The first-order valence-electron chi connectivity index (χ1n) is 6.04. The Hall–Kier alpha value is -2.08. The molecule has 0 atom stereocenters. The molecule has 0 unspecified atom stereocenters. The lowest BCUT2D eigenvalue weighted by Crippen LogP contribution is -2.22. The van der Waals surface area contributed by atoms with Crippen molar-refractivity contribution in [2.75, 3.05) is 19.8 Å². The lowest BCUT2D eigenvalue weighted by atomic mass is 10.3. The number of ether oxygens (including phenoxy) is 2. The summed E-state index contributed by atoms with van der Waals surface area (Å²) in [5.41, 5.74) is 1.03. The molecule has 6 nitrogen and oxygen atoms in total. The molecule has 0 spiro atoms. The van der Waals surface area contributed by atoms with Crippen LogP contribution in [0.4, 0.5) is 0 Å². The van der Waals surface area contributed by atoms with Gasteiger partial charge in [-0.2, -0.15) is 0 Å². The van der Waals surface area contributed by atoms with Crippen LogP contribution in [0, 0.1) is 0 Å². The summed E-state index contributed by atoms with van der Waals surface area (Å²) in [6.45, 7) is 2.80. The Labute approximate surface area is 109 Å². The SMILES string of the molecule is CCOCCOC(=O)Cn1c(=O)oc2ccccc21. The Balaban J connectivity index is 2.03. The number of esters is 1. The molecular formula is C13H15NO5. The van der Waals surface area contributed by atoms with Crippen molar-refractivity contribution < 1.29 is 18.7 Å². The summed E-state index contributed by atoms with van der Waals surface area (Å²) in [4.78, 5) is 23.2. The first-order valence-corrected chi connectivity index (χ1v) is 6.04. The predicted octanol–water partition coefficient (Wildman–Crippen LogP) is 1.17. The zero-order valence-corrected chi connectivity index (χ0v) is 10.6. The summed E-state index contributed by atoms with van der Waals surface area (Å²) in [6, 6.07) is 6.92. The van der Waals surface area contributed by atoms with Crippen molar-refractivity contribution in [3.05, 3.63) is 34.8 Å². The molecule has 0 aliphatic heterocycles. The van der Waals surface area contributed by atoms with Gasteiger partial charge in [-0.15, -0.1) is 0 Å². The maximum Gasteiger partial charge on any atom is 0.420 e. The first-order chi connectivity index (χ1) is 9.22. The molecule has 0 saturated carbocycles. The van der Waals surface area contributed by atoms with Crippen LogP contribution in [0.25, 0.3) is 11.1 Å². The van der Waals surface area contributed by atoms with Gasteiger partial charge < -0.3 is 13.9 Å². The van der Waals surface area contributed by atoms with Crippen molar-refractivity contribution >= 4 is 17.1 Å². The second-order valence-electron chi connectivity index (χ2n) is 3.84. The van der Waals surface area contributed by atoms with Gasteiger partial charge in [0.2, 0.25) is 0 Å². The molecule has 1 heterocycles. The highest BCUT2D eigenvalue weighted by molar-refractivity contribution is 5.76. The minimum atomic E-state index is -0.567. The highest BCUT2D eigenvalue weighted by Gasteiger charge is 2.12. The van der Waals surface area contributed by atoms with Crippen molar-refractivity contribution in [2.45, 2.75) is 13.5 Å². The molecule has 1 aromatic heterocycles. The van der Waals surface area contributed by atoms with E-state index in [0.29, 0.717) is 24.3 Å². The average molecular weight is 265 g/mol. The van der Waals surface area contributed by atoms with E-state index in [2.05, 4.69) is 0 Å². The fourth-order valence-electron chi connectivity index (χ4n) is 1.70. The largest absolute Gasteiger partial charge is 0.462 e. The highest BCUT2D eigenvalue weighted by atomic mass is 16.6. The Bertz CT molecular complexity index is 613. The van der Waals surface area contributed by atoms with Gasteiger partial charge in [0.25, 0.3) is 0 Å². The van der Waals surface area contributed by atoms with Gasteiger partial charge in [-0.1, -0.05) is 12.1 Å². The third-order valence-corrected chi connectivity index (χ3v) is 2.56. The molecule has 0 amide bonds. The van der Waals surface area contributed by atoms with Gasteiger partial charge in [0.1, 0.15) is 13.2 Å². The van der Waals surface area contributed by atoms with Crippen LogP contribution in [-0.4, -0.2) is 30.4 Å². The van der Waals surface area contributed by atoms with Crippen LogP contribution in [0.3, 0.4) is 0 Å². The number of aromatic nitrogens is 1. The van der Waals surface area contributed by atoms with Gasteiger partial charge in [0.15, 0.2) is 5.58 Å². The van der Waals surface area contributed by atoms with Crippen molar-refractivity contribution in [2.24, 2.45) is 0 Å². The van der Waals surface area contributed by atoms with E-state index in [0.717, 1.165) is 0 Å². The Morgan fingerprint density at radius 1 is 1.32 bits per heavy atom. The molecule has 2 rings (SSSR count). The molecule has 6 heteroatoms. The van der Waals surface area contributed by atoms with E-state index < -0.39 is 11.7 Å². The van der Waals surface area contributed by atoms with Crippen LogP contribution in [0.5, 0.6) is 0 Å². The summed E-state index contributed by atoms with van der Waals surface area (Å²) >= 11 is 0. The summed E-state index contributed by atoms with van der Waals surface area (Å²) in [6.07, 6.45) is 0. The molecule has 0 bridgehead atoms. The molecule has 2 aromatic rings. The Kier molecular flexibility index (Phi) is 4.35. The maximum absolute atomic E-state index is 11.6. The van der Waals surface area contributed by atoms with Crippen molar-refractivity contribution in [1.29, 1.82) is 0 Å². The minimum absolute atomic E-state index is 0.165. The molecule has 0 aliphatic rings. The van der Waals surface area contributed by atoms with E-state index in [-0.39, 0.29) is 13.2 Å². The lowest BCUT2D eigenvalue weighted by molar-refractivity contribution is -0.145. The molecule has 0 aliphatic carbocycles. The Morgan fingerprint density at radius 3 is 2.89 bits per heavy atom. The topological polar surface area (TPSA) is 70.7 Å². The smallest absolute Gasteiger partial charge is 0.420 e. The van der Waals surface area contributed by atoms with Crippen LogP contribution in [0.15, 0.2) is 33.5 Å². The van der Waals surface area contributed by atoms with Gasteiger partial charge in [0.05, 0.1) is 12.1 Å². The van der Waals surface area contributed by atoms with E-state index in [9.17, 15) is 9.59 Å². The van der Waals surface area contributed by atoms with Crippen LogP contribution >= 0.6 is 0 Å². The second kappa shape index (κ2) is 6.19. The van der Waals surface area contributed by atoms with Crippen LogP contribution in [-0.2, 0) is 20.8 Å². The number of nitrogens with zero attached hydrogens (tertiary/aromatic N) is 1. The highest BCUT2D eigenvalue weighted by Crippen LogP contribution is 2.11. The van der Waals surface area contributed by atoms with Crippen LogP contribution in [0.2, 0.25) is 0 Å². The number of carbonyl (C=O) groups excluding carboxylic acids is 1. The van der Waals surface area contributed by atoms with Gasteiger partial charge in [0, 0.05) is 6.61 Å². The first kappa shape index (κ1) is 13.4. The number of rotatable bonds is 6. The van der Waals surface area contributed by atoms with Crippen molar-refractivity contribution in [3.63, 3.8) is 0 Å². The zero-order chi connectivity index (χ0) is 13.7. The van der Waals surface area contributed by atoms with Gasteiger partial charge in [-0.25, -0.2) is 4.79 Å². The third-order valence-electron chi connectivity index (χ3n) is 2.56. The number of carbonyl (C=O) groups is 1. The molecule has 0 N–H and O–H groups in total. The Morgan fingerprint density at radius 2 is 2.11 bits per heavy atom. The number of fused-ring (bicyclic) bond motifs is 1. The van der Waals surface area contributed by atoms with E-state index >= 15 is 0 Å². The van der Waals surface area contributed by atoms with Gasteiger partial charge in [-0.05, 0) is 19.1 Å². The second-order valence-corrected chi connectivity index (χ2v) is 3.84. The zero-order valence-electron chi connectivity index (χ0n) is 10.6. The maximum atomic E-state index is 11.6. The average Bonchev–Trinajstić information content (AvgIpc) is 2.72. The standard InChI is InChI=1S/C13H15NO5/c1-2-17-7-8-18-12(15)9-14-10-5-3-4-6-11(10)19-13(14)16/h3-6H,2,7-9H2,1H3. The van der Waals surface area contributed by atoms with E-state index in [1.54, 1.807) is 24.3 Å². The molecule has 102 valence electrons. The molecule has 0 fully saturated rings. The summed E-state index contributed by atoms with van der Waals surface area (Å²) in [5.74, 6) is -1.06. The molecule has 19 heavy (non-hydrogen) atoms. The van der Waals surface area contributed by atoms with E-state index in [4.69, 9.17) is 13.9 Å². The lowest BCUT2D eigenvalue weighted by Gasteiger charge is -2.05. The van der Waals surface area contributed by atoms with Gasteiger partial charge in [-0.3, -0.25) is 9.36 Å². The summed E-state index contributed by atoms with van der Waals surface area (Å²) in [7, 11) is 0. The van der Waals surface area contributed by atoms with Gasteiger partial charge >= 0.3 is 11.7 Å². The third kappa shape index (κ3) is 3.23. The quantitative estimate of drug-likeness (QED) is 0.579. The molecule has 0 saturated heterocycles. The van der Waals surface area contributed by atoms with Crippen LogP contribution in [0.1, 0.15) is 6.92 Å². The molecular weight excluding hydrogens is 250 g/mol. The molecule has 0 radical (unpaired) electrons. The number of hydrogen-bond donors (Lipinski definition) is 0. The summed E-state index contributed by atoms with van der Waals surface area (Å²) in [5, 5.41) is 0. The van der Waals surface area contributed by atoms with Crippen molar-refractivity contribution in [3.8, 4) is 0 Å². The van der Waals surface area contributed by atoms with E-state index in [1.807, 2.05) is 6.92 Å². The van der Waals surface area contributed by atoms with Crippen molar-refractivity contribution in [1.82, 2.24) is 4.57 Å².